The van der Waals surface area contributed by atoms with Crippen molar-refractivity contribution in [2.45, 2.75) is 0 Å². The van der Waals surface area contributed by atoms with E-state index in [9.17, 15) is 4.79 Å². The molecule has 102 valence electrons. The van der Waals surface area contributed by atoms with E-state index in [0.29, 0.717) is 22.7 Å². The number of anilines is 1. The molecule has 2 heterocycles. The standard InChI is InChI=1S/C16H11N3O2/c1-2-11-5-3-6-12(9-11)17-16(20)14-10-13(18-19-14)15-7-4-8-21-15/h1,3-10H,(H,17,20)(H,18,19). The first-order chi connectivity index (χ1) is 10.3. The number of rotatable bonds is 3. The van der Waals surface area contributed by atoms with Crippen LogP contribution in [-0.4, -0.2) is 16.1 Å². The van der Waals surface area contributed by atoms with E-state index in [4.69, 9.17) is 10.8 Å². The summed E-state index contributed by atoms with van der Waals surface area (Å²) in [5.41, 5.74) is 2.24. The SMILES string of the molecule is C#Cc1cccc(NC(=O)c2cc(-c3ccco3)[nH]n2)c1. The zero-order valence-corrected chi connectivity index (χ0v) is 11.0. The fourth-order valence-electron chi connectivity index (χ4n) is 1.88. The van der Waals surface area contributed by atoms with E-state index in [2.05, 4.69) is 21.4 Å². The van der Waals surface area contributed by atoms with Crippen LogP contribution in [0.25, 0.3) is 11.5 Å². The Balaban J connectivity index is 1.78. The zero-order valence-electron chi connectivity index (χ0n) is 11.0. The van der Waals surface area contributed by atoms with E-state index < -0.39 is 0 Å². The Labute approximate surface area is 121 Å². The van der Waals surface area contributed by atoms with Gasteiger partial charge in [0.2, 0.25) is 0 Å². The van der Waals surface area contributed by atoms with Crippen molar-refractivity contribution in [1.29, 1.82) is 0 Å². The Bertz CT molecular complexity index is 810. The molecule has 0 saturated carbocycles. The molecule has 5 heteroatoms. The number of aromatic amines is 1. The van der Waals surface area contributed by atoms with Gasteiger partial charge in [-0.05, 0) is 30.3 Å². The van der Waals surface area contributed by atoms with E-state index in [1.165, 1.54) is 0 Å². The van der Waals surface area contributed by atoms with Crippen molar-refractivity contribution in [1.82, 2.24) is 10.2 Å². The molecular formula is C16H11N3O2. The van der Waals surface area contributed by atoms with Gasteiger partial charge in [-0.1, -0.05) is 12.0 Å². The highest BCUT2D eigenvalue weighted by atomic mass is 16.3. The van der Waals surface area contributed by atoms with Crippen LogP contribution in [0.3, 0.4) is 0 Å². The minimum absolute atomic E-state index is 0.271. The van der Waals surface area contributed by atoms with Gasteiger partial charge in [0, 0.05) is 17.3 Å². The summed E-state index contributed by atoms with van der Waals surface area (Å²) in [4.78, 5) is 12.1. The number of furan rings is 1. The van der Waals surface area contributed by atoms with Crippen LogP contribution in [0.1, 0.15) is 16.1 Å². The van der Waals surface area contributed by atoms with Gasteiger partial charge in [0.25, 0.3) is 5.91 Å². The summed E-state index contributed by atoms with van der Waals surface area (Å²) < 4.78 is 5.24. The molecule has 21 heavy (non-hydrogen) atoms. The molecule has 1 amide bonds. The first-order valence-electron chi connectivity index (χ1n) is 6.23. The van der Waals surface area contributed by atoms with E-state index in [0.717, 1.165) is 0 Å². The molecule has 3 rings (SSSR count). The maximum absolute atomic E-state index is 12.1. The number of terminal acetylenes is 1. The van der Waals surface area contributed by atoms with Crippen molar-refractivity contribution in [2.24, 2.45) is 0 Å². The molecule has 0 radical (unpaired) electrons. The van der Waals surface area contributed by atoms with Gasteiger partial charge in [0.1, 0.15) is 5.69 Å². The Morgan fingerprint density at radius 1 is 1.29 bits per heavy atom. The zero-order chi connectivity index (χ0) is 14.7. The number of aromatic nitrogens is 2. The number of nitrogens with one attached hydrogen (secondary N) is 2. The van der Waals surface area contributed by atoms with E-state index in [1.54, 1.807) is 48.7 Å². The predicted octanol–water partition coefficient (Wildman–Crippen LogP) is 2.90. The lowest BCUT2D eigenvalue weighted by Crippen LogP contribution is -2.12. The number of carbonyl (C=O) groups is 1. The topological polar surface area (TPSA) is 70.9 Å². The summed E-state index contributed by atoms with van der Waals surface area (Å²) in [7, 11) is 0. The molecule has 1 aromatic carbocycles. The van der Waals surface area contributed by atoms with E-state index in [1.807, 2.05) is 0 Å². The van der Waals surface area contributed by atoms with Crippen LogP contribution in [0.4, 0.5) is 5.69 Å². The van der Waals surface area contributed by atoms with Gasteiger partial charge < -0.3 is 9.73 Å². The van der Waals surface area contributed by atoms with Crippen LogP contribution in [0.15, 0.2) is 53.1 Å². The lowest BCUT2D eigenvalue weighted by atomic mass is 10.2. The second kappa shape index (κ2) is 5.39. The fourth-order valence-corrected chi connectivity index (χ4v) is 1.88. The number of benzene rings is 1. The largest absolute Gasteiger partial charge is 0.463 e. The van der Waals surface area contributed by atoms with Crippen molar-refractivity contribution in [3.05, 3.63) is 60.0 Å². The highest BCUT2D eigenvalue weighted by molar-refractivity contribution is 6.03. The minimum Gasteiger partial charge on any atom is -0.463 e. The molecule has 0 aliphatic rings. The minimum atomic E-state index is -0.321. The van der Waals surface area contributed by atoms with Crippen LogP contribution in [0.5, 0.6) is 0 Å². The lowest BCUT2D eigenvalue weighted by Gasteiger charge is -2.03. The van der Waals surface area contributed by atoms with Gasteiger partial charge in [-0.2, -0.15) is 5.10 Å². The molecule has 0 bridgehead atoms. The fraction of sp³-hybridized carbons (Fsp3) is 0. The predicted molar refractivity (Wildman–Crippen MR) is 78.6 cm³/mol. The summed E-state index contributed by atoms with van der Waals surface area (Å²) in [5, 5.41) is 9.48. The van der Waals surface area contributed by atoms with Gasteiger partial charge in [-0.25, -0.2) is 0 Å². The molecule has 0 saturated heterocycles. The molecule has 0 aliphatic heterocycles. The van der Waals surface area contributed by atoms with Crippen LogP contribution < -0.4 is 5.32 Å². The van der Waals surface area contributed by atoms with Crippen molar-refractivity contribution in [3.8, 4) is 23.8 Å². The van der Waals surface area contributed by atoms with Crippen LogP contribution in [0.2, 0.25) is 0 Å². The van der Waals surface area contributed by atoms with E-state index >= 15 is 0 Å². The lowest BCUT2D eigenvalue weighted by molar-refractivity contribution is 0.102. The molecule has 5 nitrogen and oxygen atoms in total. The normalized spacial score (nSPS) is 10.0. The van der Waals surface area contributed by atoms with Crippen LogP contribution >= 0.6 is 0 Å². The Morgan fingerprint density at radius 3 is 2.95 bits per heavy atom. The van der Waals surface area contributed by atoms with Crippen molar-refractivity contribution in [3.63, 3.8) is 0 Å². The molecule has 2 aromatic heterocycles. The van der Waals surface area contributed by atoms with Gasteiger partial charge in [-0.3, -0.25) is 9.89 Å². The number of hydrogen-bond acceptors (Lipinski definition) is 3. The quantitative estimate of drug-likeness (QED) is 0.723. The molecule has 0 spiro atoms. The molecular weight excluding hydrogens is 266 g/mol. The Kier molecular flexibility index (Phi) is 3.27. The van der Waals surface area contributed by atoms with Gasteiger partial charge in [-0.15, -0.1) is 6.42 Å². The maximum atomic E-state index is 12.1. The summed E-state index contributed by atoms with van der Waals surface area (Å²) in [6, 6.07) is 12.2. The summed E-state index contributed by atoms with van der Waals surface area (Å²) in [6.07, 6.45) is 6.88. The Hall–Kier alpha value is -3.26. The number of hydrogen-bond donors (Lipinski definition) is 2. The monoisotopic (exact) mass is 277 g/mol. The number of nitrogens with zero attached hydrogens (tertiary/aromatic N) is 1. The average molecular weight is 277 g/mol. The second-order valence-electron chi connectivity index (χ2n) is 4.32. The summed E-state index contributed by atoms with van der Waals surface area (Å²) >= 11 is 0. The van der Waals surface area contributed by atoms with Crippen LogP contribution in [0, 0.1) is 12.3 Å². The Morgan fingerprint density at radius 2 is 2.19 bits per heavy atom. The number of H-pyrrole nitrogens is 1. The third kappa shape index (κ3) is 2.69. The second-order valence-corrected chi connectivity index (χ2v) is 4.32. The molecule has 0 unspecified atom stereocenters. The summed E-state index contributed by atoms with van der Waals surface area (Å²) in [6.45, 7) is 0. The first-order valence-corrected chi connectivity index (χ1v) is 6.23. The van der Waals surface area contributed by atoms with Crippen molar-refractivity contribution < 1.29 is 9.21 Å². The van der Waals surface area contributed by atoms with Gasteiger partial charge in [0.05, 0.1) is 6.26 Å². The van der Waals surface area contributed by atoms with Gasteiger partial charge >= 0.3 is 0 Å². The van der Waals surface area contributed by atoms with Crippen LogP contribution in [-0.2, 0) is 0 Å². The molecule has 3 aromatic rings. The molecule has 2 N–H and O–H groups in total. The van der Waals surface area contributed by atoms with Crippen molar-refractivity contribution >= 4 is 11.6 Å². The highest BCUT2D eigenvalue weighted by Crippen LogP contribution is 2.18. The summed E-state index contributed by atoms with van der Waals surface area (Å²) in [5.74, 6) is 2.82. The third-order valence-corrected chi connectivity index (χ3v) is 2.88. The first kappa shape index (κ1) is 12.8. The third-order valence-electron chi connectivity index (χ3n) is 2.88. The number of carbonyl (C=O) groups excluding carboxylic acids is 1. The molecule has 0 aliphatic carbocycles. The molecule has 0 atom stereocenters. The van der Waals surface area contributed by atoms with E-state index in [-0.39, 0.29) is 11.6 Å². The van der Waals surface area contributed by atoms with Crippen molar-refractivity contribution in [2.75, 3.05) is 5.32 Å². The smallest absolute Gasteiger partial charge is 0.276 e. The number of amides is 1. The molecule has 0 fully saturated rings. The highest BCUT2D eigenvalue weighted by Gasteiger charge is 2.12. The average Bonchev–Trinajstić information content (AvgIpc) is 3.18. The maximum Gasteiger partial charge on any atom is 0.276 e. The van der Waals surface area contributed by atoms with Gasteiger partial charge in [0.15, 0.2) is 11.5 Å².